The molecule has 5 nitrogen and oxygen atoms in total. The van der Waals surface area contributed by atoms with Crippen molar-refractivity contribution in [1.82, 2.24) is 14.9 Å². The molecule has 0 bridgehead atoms. The van der Waals surface area contributed by atoms with Gasteiger partial charge in [-0.2, -0.15) is 0 Å². The van der Waals surface area contributed by atoms with Crippen LogP contribution in [0.5, 0.6) is 0 Å². The zero-order valence-corrected chi connectivity index (χ0v) is 12.1. The van der Waals surface area contributed by atoms with Crippen molar-refractivity contribution >= 4 is 45.5 Å². The van der Waals surface area contributed by atoms with E-state index in [1.54, 1.807) is 10.6 Å². The van der Waals surface area contributed by atoms with Crippen LogP contribution in [0.3, 0.4) is 0 Å². The van der Waals surface area contributed by atoms with Crippen LogP contribution in [0.4, 0.5) is 10.3 Å². The van der Waals surface area contributed by atoms with Crippen molar-refractivity contribution in [1.29, 1.82) is 0 Å². The van der Waals surface area contributed by atoms with E-state index < -0.39 is 0 Å². The predicted octanol–water partition coefficient (Wildman–Crippen LogP) is 1.64. The van der Waals surface area contributed by atoms with Gasteiger partial charge in [0, 0.05) is 25.1 Å². The Balaban J connectivity index is 2.00. The maximum absolute atomic E-state index is 13.7. The van der Waals surface area contributed by atoms with Gasteiger partial charge in [0.25, 0.3) is 0 Å². The van der Waals surface area contributed by atoms with Crippen LogP contribution in [0.15, 0.2) is 12.1 Å². The molecule has 1 aliphatic rings. The van der Waals surface area contributed by atoms with Crippen LogP contribution in [0.1, 0.15) is 12.8 Å². The molecule has 1 fully saturated rings. The minimum absolute atomic E-state index is 0.0366. The first-order valence-corrected chi connectivity index (χ1v) is 7.02. The first-order chi connectivity index (χ1) is 9.04. The normalized spacial score (nSPS) is 19.1. The number of nitrogens with two attached hydrogens (primary N) is 1. The van der Waals surface area contributed by atoms with Gasteiger partial charge in [0.15, 0.2) is 0 Å². The minimum Gasteiger partial charge on any atom is -0.369 e. The Kier molecular flexibility index (Phi) is 3.08. The summed E-state index contributed by atoms with van der Waals surface area (Å²) in [7, 11) is 0. The lowest BCUT2D eigenvalue weighted by molar-refractivity contribution is -0.119. The van der Waals surface area contributed by atoms with Crippen LogP contribution >= 0.6 is 22.6 Å². The quantitative estimate of drug-likeness (QED) is 0.786. The van der Waals surface area contributed by atoms with Crippen molar-refractivity contribution in [3.63, 3.8) is 0 Å². The van der Waals surface area contributed by atoms with Crippen molar-refractivity contribution in [3.8, 4) is 0 Å². The summed E-state index contributed by atoms with van der Waals surface area (Å²) in [5.41, 5.74) is 7.22. The molecule has 1 unspecified atom stereocenters. The third-order valence-electron chi connectivity index (χ3n) is 3.31. The highest BCUT2D eigenvalue weighted by atomic mass is 127. The smallest absolute Gasteiger partial charge is 0.220 e. The van der Waals surface area contributed by atoms with E-state index in [0.29, 0.717) is 33.5 Å². The van der Waals surface area contributed by atoms with E-state index >= 15 is 0 Å². The second kappa shape index (κ2) is 4.62. The molecule has 19 heavy (non-hydrogen) atoms. The van der Waals surface area contributed by atoms with Crippen molar-refractivity contribution < 1.29 is 9.18 Å². The molecular formula is C12H12FIN4O. The topological polar surface area (TPSA) is 72.9 Å². The van der Waals surface area contributed by atoms with Crippen molar-refractivity contribution in [2.24, 2.45) is 0 Å². The summed E-state index contributed by atoms with van der Waals surface area (Å²) in [5.74, 6) is 0.107. The molecule has 0 spiro atoms. The van der Waals surface area contributed by atoms with Gasteiger partial charge in [0.1, 0.15) is 5.82 Å². The predicted molar refractivity (Wildman–Crippen MR) is 78.0 cm³/mol. The first kappa shape index (κ1) is 12.6. The molecule has 1 aliphatic heterocycles. The average molecular weight is 374 g/mol. The van der Waals surface area contributed by atoms with Gasteiger partial charge in [-0.05, 0) is 35.1 Å². The van der Waals surface area contributed by atoms with Crippen LogP contribution in [0, 0.1) is 9.39 Å². The third-order valence-corrected chi connectivity index (χ3v) is 4.13. The second-order valence-corrected chi connectivity index (χ2v) is 5.80. The van der Waals surface area contributed by atoms with Gasteiger partial charge in [0.2, 0.25) is 11.9 Å². The van der Waals surface area contributed by atoms with Gasteiger partial charge in [-0.15, -0.1) is 0 Å². The second-order valence-electron chi connectivity index (χ2n) is 4.64. The molecule has 7 heteroatoms. The van der Waals surface area contributed by atoms with Gasteiger partial charge in [-0.25, -0.2) is 9.37 Å². The fraction of sp³-hybridized carbons (Fsp3) is 0.333. The lowest BCUT2D eigenvalue weighted by atomic mass is 10.2. The maximum atomic E-state index is 13.7. The van der Waals surface area contributed by atoms with E-state index in [0.717, 1.165) is 6.42 Å². The Morgan fingerprint density at radius 1 is 1.58 bits per heavy atom. The Bertz CT molecular complexity index is 669. The molecule has 1 aromatic heterocycles. The van der Waals surface area contributed by atoms with Crippen molar-refractivity contribution in [2.75, 3.05) is 5.73 Å². The van der Waals surface area contributed by atoms with Gasteiger partial charge >= 0.3 is 0 Å². The number of benzene rings is 1. The molecule has 0 radical (unpaired) electrons. The van der Waals surface area contributed by atoms with Crippen LogP contribution < -0.4 is 11.1 Å². The van der Waals surface area contributed by atoms with Crippen LogP contribution in [0.25, 0.3) is 11.0 Å². The summed E-state index contributed by atoms with van der Waals surface area (Å²) >= 11 is 1.92. The van der Waals surface area contributed by atoms with Gasteiger partial charge in [0.05, 0.1) is 14.6 Å². The number of nitrogens with zero attached hydrogens (tertiary/aromatic N) is 2. The number of aromatic nitrogens is 2. The highest BCUT2D eigenvalue weighted by Gasteiger charge is 2.23. The zero-order valence-electron chi connectivity index (χ0n) is 9.99. The fourth-order valence-electron chi connectivity index (χ4n) is 2.37. The summed E-state index contributed by atoms with van der Waals surface area (Å²) in [6.07, 6.45) is 1.30. The van der Waals surface area contributed by atoms with E-state index in [9.17, 15) is 9.18 Å². The molecule has 1 amide bonds. The number of nitrogen functional groups attached to an aromatic ring is 1. The van der Waals surface area contributed by atoms with E-state index in [1.807, 2.05) is 22.6 Å². The molecule has 2 aromatic rings. The van der Waals surface area contributed by atoms with Crippen LogP contribution in [-0.4, -0.2) is 21.5 Å². The van der Waals surface area contributed by atoms with Crippen LogP contribution in [-0.2, 0) is 11.3 Å². The lowest BCUT2D eigenvalue weighted by Gasteiger charge is -2.12. The van der Waals surface area contributed by atoms with Crippen LogP contribution in [0.2, 0.25) is 0 Å². The van der Waals surface area contributed by atoms with E-state index in [-0.39, 0.29) is 17.8 Å². The highest BCUT2D eigenvalue weighted by Crippen LogP contribution is 2.24. The van der Waals surface area contributed by atoms with Crippen molar-refractivity contribution in [3.05, 3.63) is 21.5 Å². The van der Waals surface area contributed by atoms with E-state index in [1.165, 1.54) is 6.07 Å². The number of nitrogens with one attached hydrogen (secondary N) is 1. The maximum Gasteiger partial charge on any atom is 0.220 e. The number of halogens is 2. The van der Waals surface area contributed by atoms with Crippen molar-refractivity contribution in [2.45, 2.75) is 25.4 Å². The largest absolute Gasteiger partial charge is 0.369 e. The number of carbonyl (C=O) groups excluding carboxylic acids is 1. The number of rotatable bonds is 2. The fourth-order valence-corrected chi connectivity index (χ4v) is 2.82. The third kappa shape index (κ3) is 2.26. The molecule has 3 N–H and O–H groups in total. The molecule has 1 aromatic carbocycles. The van der Waals surface area contributed by atoms with Gasteiger partial charge in [-0.1, -0.05) is 0 Å². The number of carbonyl (C=O) groups is 1. The van der Waals surface area contributed by atoms with Gasteiger partial charge in [-0.3, -0.25) is 4.79 Å². The molecule has 100 valence electrons. The highest BCUT2D eigenvalue weighted by molar-refractivity contribution is 14.1. The SMILES string of the molecule is Nc1nc2cc(I)c(F)cc2n1CC1CCC(=O)N1. The van der Waals surface area contributed by atoms with E-state index in [4.69, 9.17) is 5.73 Å². The molecule has 3 rings (SSSR count). The number of fused-ring (bicyclic) bond motifs is 1. The summed E-state index contributed by atoms with van der Waals surface area (Å²) < 4.78 is 15.9. The molecule has 0 aliphatic carbocycles. The summed E-state index contributed by atoms with van der Waals surface area (Å²) in [6, 6.07) is 3.15. The lowest BCUT2D eigenvalue weighted by Crippen LogP contribution is -2.29. The number of amides is 1. The van der Waals surface area contributed by atoms with Gasteiger partial charge < -0.3 is 15.6 Å². The molecule has 2 heterocycles. The molecular weight excluding hydrogens is 362 g/mol. The Morgan fingerprint density at radius 3 is 3.05 bits per heavy atom. The zero-order chi connectivity index (χ0) is 13.6. The Morgan fingerprint density at radius 2 is 2.37 bits per heavy atom. The Labute approximate surface area is 122 Å². The monoisotopic (exact) mass is 374 g/mol. The summed E-state index contributed by atoms with van der Waals surface area (Å²) in [5, 5.41) is 2.87. The minimum atomic E-state index is -0.287. The summed E-state index contributed by atoms with van der Waals surface area (Å²) in [6.45, 7) is 0.522. The number of hydrogen-bond donors (Lipinski definition) is 2. The van der Waals surface area contributed by atoms with E-state index in [2.05, 4.69) is 10.3 Å². The molecule has 0 saturated carbocycles. The number of anilines is 1. The standard InChI is InChI=1S/C12H12FIN4O/c13-7-3-10-9(4-8(7)14)17-12(15)18(10)5-6-1-2-11(19)16-6/h3-4,6H,1-2,5H2,(H2,15,17)(H,16,19). The average Bonchev–Trinajstić information content (AvgIpc) is 2.87. The number of imidazole rings is 1. The molecule has 1 saturated heterocycles. The Hall–Kier alpha value is -1.38. The summed E-state index contributed by atoms with van der Waals surface area (Å²) in [4.78, 5) is 15.4. The number of hydrogen-bond acceptors (Lipinski definition) is 3. The molecule has 1 atom stereocenters. The first-order valence-electron chi connectivity index (χ1n) is 5.94.